The Morgan fingerprint density at radius 2 is 1.57 bits per heavy atom. The topological polar surface area (TPSA) is 97.0 Å². The van der Waals surface area contributed by atoms with Crippen molar-refractivity contribution in [3.05, 3.63) is 60.2 Å². The third-order valence-electron chi connectivity index (χ3n) is 6.33. The van der Waals surface area contributed by atoms with Gasteiger partial charge in [0.05, 0.1) is 0 Å². The number of para-hydroxylation sites is 1. The molecule has 0 saturated heterocycles. The number of guanidine groups is 1. The van der Waals surface area contributed by atoms with Crippen molar-refractivity contribution in [3.8, 4) is 11.5 Å². The Hall–Kier alpha value is -3.35. The minimum absolute atomic E-state index is 0.0405. The highest BCUT2D eigenvalue weighted by molar-refractivity contribution is 6.06. The lowest BCUT2D eigenvalue weighted by Gasteiger charge is -2.26. The standard InChI is InChI=1S/C28H38N4O3/c1-3-5-18-28(19-6-4-2)26(34)32(27(29)31-28)21-11-10-20-30-25(33)22-14-16-24(17-15-22)35-23-12-8-7-9-13-23/h7-9,12-17H,3-6,10-11,18-21H2,1-2H3,(H2,29,31)(H,30,33). The maximum absolute atomic E-state index is 13.2. The first-order chi connectivity index (χ1) is 17.0. The van der Waals surface area contributed by atoms with E-state index in [0.29, 0.717) is 30.4 Å². The van der Waals surface area contributed by atoms with Gasteiger partial charge in [0.25, 0.3) is 11.8 Å². The molecule has 0 fully saturated rings. The molecule has 1 aliphatic heterocycles. The van der Waals surface area contributed by atoms with Gasteiger partial charge in [-0.15, -0.1) is 0 Å². The van der Waals surface area contributed by atoms with E-state index in [1.807, 2.05) is 30.3 Å². The van der Waals surface area contributed by atoms with Gasteiger partial charge in [-0.3, -0.25) is 14.5 Å². The number of nitrogens with two attached hydrogens (primary N) is 1. The zero-order valence-electron chi connectivity index (χ0n) is 21.0. The normalized spacial score (nSPS) is 14.6. The van der Waals surface area contributed by atoms with E-state index in [2.05, 4.69) is 24.2 Å². The number of hydrogen-bond donors (Lipinski definition) is 2. The molecule has 7 nitrogen and oxygen atoms in total. The summed E-state index contributed by atoms with van der Waals surface area (Å²) in [6.45, 7) is 5.30. The molecule has 2 aromatic carbocycles. The van der Waals surface area contributed by atoms with E-state index < -0.39 is 5.54 Å². The zero-order valence-corrected chi connectivity index (χ0v) is 21.0. The largest absolute Gasteiger partial charge is 0.457 e. The van der Waals surface area contributed by atoms with Crippen LogP contribution in [0.1, 0.15) is 75.6 Å². The lowest BCUT2D eigenvalue weighted by Crippen LogP contribution is -2.45. The van der Waals surface area contributed by atoms with Crippen LogP contribution in [0.15, 0.2) is 59.6 Å². The fraction of sp³-hybridized carbons (Fsp3) is 0.464. The highest BCUT2D eigenvalue weighted by atomic mass is 16.5. The Kier molecular flexibility index (Phi) is 9.70. The number of benzene rings is 2. The van der Waals surface area contributed by atoms with Crippen molar-refractivity contribution in [1.29, 1.82) is 0 Å². The van der Waals surface area contributed by atoms with Gasteiger partial charge in [-0.05, 0) is 62.1 Å². The van der Waals surface area contributed by atoms with Crippen molar-refractivity contribution in [2.45, 2.75) is 70.8 Å². The van der Waals surface area contributed by atoms with E-state index in [4.69, 9.17) is 10.5 Å². The first kappa shape index (κ1) is 26.3. The molecule has 0 aliphatic carbocycles. The Morgan fingerprint density at radius 1 is 0.943 bits per heavy atom. The van der Waals surface area contributed by atoms with E-state index in [1.165, 1.54) is 0 Å². The molecule has 0 spiro atoms. The van der Waals surface area contributed by atoms with Crippen molar-refractivity contribution in [2.24, 2.45) is 10.7 Å². The molecular weight excluding hydrogens is 440 g/mol. The summed E-state index contributed by atoms with van der Waals surface area (Å²) in [5, 5.41) is 2.94. The lowest BCUT2D eigenvalue weighted by molar-refractivity contribution is -0.131. The summed E-state index contributed by atoms with van der Waals surface area (Å²) in [5.74, 6) is 1.67. The van der Waals surface area contributed by atoms with E-state index in [9.17, 15) is 9.59 Å². The molecule has 0 atom stereocenters. The summed E-state index contributed by atoms with van der Waals surface area (Å²) in [4.78, 5) is 32.0. The molecule has 188 valence electrons. The Morgan fingerprint density at radius 3 is 2.20 bits per heavy atom. The number of nitrogens with zero attached hydrogens (tertiary/aromatic N) is 2. The lowest BCUT2D eigenvalue weighted by atomic mass is 9.87. The first-order valence-corrected chi connectivity index (χ1v) is 12.8. The predicted octanol–water partition coefficient (Wildman–Crippen LogP) is 5.27. The Labute approximate surface area is 208 Å². The average molecular weight is 479 g/mol. The number of aliphatic imine (C=N–C) groups is 1. The molecular formula is C28H38N4O3. The third-order valence-corrected chi connectivity index (χ3v) is 6.33. The summed E-state index contributed by atoms with van der Waals surface area (Å²) in [5.41, 5.74) is 6.06. The van der Waals surface area contributed by atoms with Crippen LogP contribution < -0.4 is 15.8 Å². The van der Waals surface area contributed by atoms with Gasteiger partial charge in [0.2, 0.25) is 0 Å². The number of rotatable bonds is 14. The molecule has 3 N–H and O–H groups in total. The SMILES string of the molecule is CCCCC1(CCCC)N=C(N)N(CCCCNC(=O)c2ccc(Oc3ccccc3)cc2)C1=O. The fourth-order valence-corrected chi connectivity index (χ4v) is 4.29. The second kappa shape index (κ2) is 12.9. The van der Waals surface area contributed by atoms with Crippen LogP contribution in [0.5, 0.6) is 11.5 Å². The number of unbranched alkanes of at least 4 members (excludes halogenated alkanes) is 3. The molecule has 0 bridgehead atoms. The number of ether oxygens (including phenoxy) is 1. The highest BCUT2D eigenvalue weighted by Gasteiger charge is 2.46. The molecule has 2 amide bonds. The van der Waals surface area contributed by atoms with E-state index in [0.717, 1.165) is 57.1 Å². The summed E-state index contributed by atoms with van der Waals surface area (Å²) >= 11 is 0. The van der Waals surface area contributed by atoms with Crippen LogP contribution >= 0.6 is 0 Å². The fourth-order valence-electron chi connectivity index (χ4n) is 4.29. The van der Waals surface area contributed by atoms with E-state index in [-0.39, 0.29) is 11.8 Å². The van der Waals surface area contributed by atoms with Crippen molar-refractivity contribution in [1.82, 2.24) is 10.2 Å². The number of nitrogens with one attached hydrogen (secondary N) is 1. The van der Waals surface area contributed by atoms with Crippen molar-refractivity contribution in [3.63, 3.8) is 0 Å². The van der Waals surface area contributed by atoms with Crippen molar-refractivity contribution < 1.29 is 14.3 Å². The number of amides is 2. The smallest absolute Gasteiger partial charge is 0.257 e. The van der Waals surface area contributed by atoms with Gasteiger partial charge in [-0.25, -0.2) is 4.99 Å². The maximum atomic E-state index is 13.2. The van der Waals surface area contributed by atoms with Crippen LogP contribution in [-0.4, -0.2) is 41.3 Å². The van der Waals surface area contributed by atoms with Gasteiger partial charge >= 0.3 is 0 Å². The molecule has 2 aromatic rings. The second-order valence-electron chi connectivity index (χ2n) is 9.07. The summed E-state index contributed by atoms with van der Waals surface area (Å²) < 4.78 is 5.77. The van der Waals surface area contributed by atoms with Gasteiger partial charge in [-0.2, -0.15) is 0 Å². The van der Waals surface area contributed by atoms with Gasteiger partial charge in [0.1, 0.15) is 17.0 Å². The monoisotopic (exact) mass is 478 g/mol. The minimum atomic E-state index is -0.680. The van der Waals surface area contributed by atoms with Gasteiger partial charge in [0, 0.05) is 18.7 Å². The molecule has 1 heterocycles. The molecule has 0 saturated carbocycles. The third kappa shape index (κ3) is 7.07. The average Bonchev–Trinajstić information content (AvgIpc) is 3.11. The molecule has 7 heteroatoms. The summed E-state index contributed by atoms with van der Waals surface area (Å²) in [7, 11) is 0. The van der Waals surface area contributed by atoms with Crippen LogP contribution in [0, 0.1) is 0 Å². The second-order valence-corrected chi connectivity index (χ2v) is 9.07. The van der Waals surface area contributed by atoms with Crippen LogP contribution in [0.4, 0.5) is 0 Å². The number of carbonyl (C=O) groups excluding carboxylic acids is 2. The molecule has 0 aromatic heterocycles. The highest BCUT2D eigenvalue weighted by Crippen LogP contribution is 2.33. The van der Waals surface area contributed by atoms with Crippen molar-refractivity contribution >= 4 is 17.8 Å². The molecule has 0 radical (unpaired) electrons. The van der Waals surface area contributed by atoms with Crippen molar-refractivity contribution in [2.75, 3.05) is 13.1 Å². The summed E-state index contributed by atoms with van der Waals surface area (Å²) in [6, 6.07) is 16.6. The quantitative estimate of drug-likeness (QED) is 0.362. The van der Waals surface area contributed by atoms with Gasteiger partial charge < -0.3 is 15.8 Å². The minimum Gasteiger partial charge on any atom is -0.457 e. The van der Waals surface area contributed by atoms with E-state index >= 15 is 0 Å². The van der Waals surface area contributed by atoms with Crippen LogP contribution in [0.25, 0.3) is 0 Å². The van der Waals surface area contributed by atoms with E-state index in [1.54, 1.807) is 29.2 Å². The zero-order chi connectivity index (χ0) is 25.1. The summed E-state index contributed by atoms with van der Waals surface area (Å²) in [6.07, 6.45) is 6.98. The molecule has 1 aliphatic rings. The number of hydrogen-bond acceptors (Lipinski definition) is 5. The Bertz CT molecular complexity index is 981. The van der Waals surface area contributed by atoms with Crippen LogP contribution in [0.3, 0.4) is 0 Å². The van der Waals surface area contributed by atoms with Crippen LogP contribution in [0.2, 0.25) is 0 Å². The molecule has 35 heavy (non-hydrogen) atoms. The van der Waals surface area contributed by atoms with Gasteiger partial charge in [-0.1, -0.05) is 57.7 Å². The Balaban J connectivity index is 1.42. The van der Waals surface area contributed by atoms with Crippen LogP contribution in [-0.2, 0) is 4.79 Å². The number of carbonyl (C=O) groups is 2. The first-order valence-electron chi connectivity index (χ1n) is 12.8. The predicted molar refractivity (Wildman–Crippen MR) is 140 cm³/mol. The maximum Gasteiger partial charge on any atom is 0.257 e. The molecule has 0 unspecified atom stereocenters. The molecule has 3 rings (SSSR count). The van der Waals surface area contributed by atoms with Gasteiger partial charge in [0.15, 0.2) is 5.96 Å².